The molecule has 4 rings (SSSR count). The Bertz CT molecular complexity index is 1130. The third-order valence-electron chi connectivity index (χ3n) is 7.04. The number of nitrogens with zero attached hydrogens (tertiary/aromatic N) is 2. The van der Waals surface area contributed by atoms with Crippen LogP contribution in [0.1, 0.15) is 37.4 Å². The molecule has 3 aromatic rings. The molecule has 1 aromatic heterocycles. The lowest BCUT2D eigenvalue weighted by atomic mass is 9.81. The number of fused-ring (bicyclic) bond motifs is 1. The van der Waals surface area contributed by atoms with Gasteiger partial charge in [-0.05, 0) is 104 Å². The Balaban J connectivity index is 1.25. The molecule has 1 aliphatic heterocycles. The van der Waals surface area contributed by atoms with Crippen LogP contribution in [0.2, 0.25) is 5.02 Å². The minimum absolute atomic E-state index is 0.115. The Labute approximate surface area is 221 Å². The largest absolute Gasteiger partial charge is 0.497 e. The maximum atomic E-state index is 15.4. The van der Waals surface area contributed by atoms with Gasteiger partial charge in [0.15, 0.2) is 0 Å². The predicted octanol–water partition coefficient (Wildman–Crippen LogP) is 6.94. The molecule has 0 amide bonds. The van der Waals surface area contributed by atoms with Gasteiger partial charge in [-0.15, -0.1) is 11.8 Å². The SMILES string of the molecule is COc1ccc2nccc(C(F)CC[C@@H]3CCN(CCCSc4cc(F)cc(Cl)c4)C[C@@H]3CO)c2c1. The van der Waals surface area contributed by atoms with Crippen LogP contribution in [-0.4, -0.2) is 54.1 Å². The highest BCUT2D eigenvalue weighted by Gasteiger charge is 2.29. The number of likely N-dealkylation sites (tertiary alicyclic amines) is 1. The highest BCUT2D eigenvalue weighted by atomic mass is 35.5. The summed E-state index contributed by atoms with van der Waals surface area (Å²) in [5.41, 5.74) is 1.41. The number of hydrogen-bond donors (Lipinski definition) is 1. The van der Waals surface area contributed by atoms with E-state index in [4.69, 9.17) is 16.3 Å². The number of piperidine rings is 1. The summed E-state index contributed by atoms with van der Waals surface area (Å²) in [4.78, 5) is 7.58. The molecule has 1 aliphatic rings. The van der Waals surface area contributed by atoms with Crippen molar-refractivity contribution in [1.29, 1.82) is 0 Å². The zero-order chi connectivity index (χ0) is 25.5. The smallest absolute Gasteiger partial charge is 0.126 e. The molecule has 1 saturated heterocycles. The van der Waals surface area contributed by atoms with E-state index in [-0.39, 0.29) is 18.3 Å². The topological polar surface area (TPSA) is 45.6 Å². The van der Waals surface area contributed by atoms with Gasteiger partial charge in [0.05, 0.1) is 12.6 Å². The lowest BCUT2D eigenvalue weighted by molar-refractivity contribution is 0.0640. The van der Waals surface area contributed by atoms with E-state index in [0.29, 0.717) is 28.7 Å². The molecule has 3 atom stereocenters. The van der Waals surface area contributed by atoms with E-state index in [2.05, 4.69) is 9.88 Å². The number of methoxy groups -OCH3 is 1. The molecule has 2 aromatic carbocycles. The van der Waals surface area contributed by atoms with Crippen LogP contribution >= 0.6 is 23.4 Å². The number of ether oxygens (including phenoxy) is 1. The first-order valence-corrected chi connectivity index (χ1v) is 13.8. The molecule has 0 bridgehead atoms. The summed E-state index contributed by atoms with van der Waals surface area (Å²) in [5, 5.41) is 11.2. The lowest BCUT2D eigenvalue weighted by Gasteiger charge is -2.38. The molecule has 1 fully saturated rings. The minimum atomic E-state index is -1.09. The highest BCUT2D eigenvalue weighted by Crippen LogP contribution is 2.35. The van der Waals surface area contributed by atoms with Crippen LogP contribution in [-0.2, 0) is 0 Å². The van der Waals surface area contributed by atoms with Gasteiger partial charge in [-0.3, -0.25) is 4.98 Å². The van der Waals surface area contributed by atoms with Crippen molar-refractivity contribution in [3.05, 3.63) is 65.1 Å². The molecule has 0 spiro atoms. The van der Waals surface area contributed by atoms with Crippen LogP contribution in [0.4, 0.5) is 8.78 Å². The Morgan fingerprint density at radius 1 is 1.22 bits per heavy atom. The van der Waals surface area contributed by atoms with Crippen molar-refractivity contribution in [1.82, 2.24) is 9.88 Å². The second kappa shape index (κ2) is 13.0. The summed E-state index contributed by atoms with van der Waals surface area (Å²) in [6, 6.07) is 11.9. The zero-order valence-electron chi connectivity index (χ0n) is 20.5. The number of aliphatic hydroxyl groups excluding tert-OH is 1. The fourth-order valence-corrected chi connectivity index (χ4v) is 6.30. The number of thioether (sulfide) groups is 1. The number of benzene rings is 2. The van der Waals surface area contributed by atoms with Crippen LogP contribution in [0.5, 0.6) is 5.75 Å². The number of hydrogen-bond acceptors (Lipinski definition) is 5. The quantitative estimate of drug-likeness (QED) is 0.213. The molecule has 36 heavy (non-hydrogen) atoms. The van der Waals surface area contributed by atoms with Gasteiger partial charge in [0.1, 0.15) is 17.7 Å². The summed E-state index contributed by atoms with van der Waals surface area (Å²) < 4.78 is 34.2. The third kappa shape index (κ3) is 7.09. The minimum Gasteiger partial charge on any atom is -0.497 e. The molecular weight excluding hydrogens is 502 g/mol. The first-order valence-electron chi connectivity index (χ1n) is 12.5. The van der Waals surface area contributed by atoms with Gasteiger partial charge in [0.25, 0.3) is 0 Å². The fraction of sp³-hybridized carbons (Fsp3) is 0.464. The van der Waals surface area contributed by atoms with Crippen molar-refractivity contribution < 1.29 is 18.6 Å². The summed E-state index contributed by atoms with van der Waals surface area (Å²) >= 11 is 7.53. The summed E-state index contributed by atoms with van der Waals surface area (Å²) in [6.45, 7) is 2.81. The second-order valence-electron chi connectivity index (χ2n) is 9.43. The summed E-state index contributed by atoms with van der Waals surface area (Å²) in [6.07, 6.45) is 3.65. The Kier molecular flexibility index (Phi) is 9.82. The molecule has 4 nitrogen and oxygen atoms in total. The molecule has 0 aliphatic carbocycles. The highest BCUT2D eigenvalue weighted by molar-refractivity contribution is 7.99. The van der Waals surface area contributed by atoms with Crippen molar-refractivity contribution in [3.63, 3.8) is 0 Å². The molecule has 0 radical (unpaired) electrons. The third-order valence-corrected chi connectivity index (χ3v) is 8.32. The van der Waals surface area contributed by atoms with Crippen molar-refractivity contribution >= 4 is 34.3 Å². The van der Waals surface area contributed by atoms with E-state index in [1.807, 2.05) is 18.2 Å². The summed E-state index contributed by atoms with van der Waals surface area (Å²) in [7, 11) is 1.60. The standard InChI is InChI=1S/C28H33ClF2N2O2S/c1-35-23-4-6-28-26(16-23)25(7-9-32-28)27(31)5-3-19-8-11-33(17-20(19)18-34)10-2-12-36-24-14-21(29)13-22(30)15-24/h4,6-7,9,13-16,19-20,27,34H,2-3,5,8,10-12,17-18H2,1H3/t19-,20-,27?/m1/s1. The normalized spacial score (nSPS) is 19.5. The number of rotatable bonds is 11. The zero-order valence-corrected chi connectivity index (χ0v) is 22.1. The van der Waals surface area contributed by atoms with Gasteiger partial charge >= 0.3 is 0 Å². The Morgan fingerprint density at radius 2 is 2.08 bits per heavy atom. The molecule has 1 N–H and O–H groups in total. The van der Waals surface area contributed by atoms with Crippen LogP contribution in [0.3, 0.4) is 0 Å². The Morgan fingerprint density at radius 3 is 2.86 bits per heavy atom. The maximum Gasteiger partial charge on any atom is 0.126 e. The van der Waals surface area contributed by atoms with E-state index < -0.39 is 6.17 Å². The second-order valence-corrected chi connectivity index (χ2v) is 11.0. The lowest BCUT2D eigenvalue weighted by Crippen LogP contribution is -2.42. The monoisotopic (exact) mass is 534 g/mol. The van der Waals surface area contributed by atoms with Crippen molar-refractivity contribution in [2.24, 2.45) is 11.8 Å². The van der Waals surface area contributed by atoms with Crippen LogP contribution in [0, 0.1) is 17.7 Å². The first-order chi connectivity index (χ1) is 17.5. The van der Waals surface area contributed by atoms with Gasteiger partial charge in [0, 0.05) is 34.7 Å². The molecular formula is C28H33ClF2N2O2S. The van der Waals surface area contributed by atoms with Crippen molar-refractivity contribution in [3.8, 4) is 5.75 Å². The average molecular weight is 535 g/mol. The first kappa shape index (κ1) is 27.1. The molecule has 1 unspecified atom stereocenters. The molecule has 0 saturated carbocycles. The summed E-state index contributed by atoms with van der Waals surface area (Å²) in [5.74, 6) is 1.70. The van der Waals surface area contributed by atoms with E-state index in [1.54, 1.807) is 37.2 Å². The van der Waals surface area contributed by atoms with E-state index in [9.17, 15) is 9.50 Å². The fourth-order valence-electron chi connectivity index (χ4n) is 5.10. The number of halogens is 3. The van der Waals surface area contributed by atoms with Crippen LogP contribution in [0.25, 0.3) is 10.9 Å². The maximum absolute atomic E-state index is 15.4. The molecule has 194 valence electrons. The van der Waals surface area contributed by atoms with E-state index >= 15 is 4.39 Å². The van der Waals surface area contributed by atoms with Gasteiger partial charge < -0.3 is 14.7 Å². The molecule has 8 heteroatoms. The van der Waals surface area contributed by atoms with Crippen LogP contribution in [0.15, 0.2) is 53.6 Å². The van der Waals surface area contributed by atoms with Crippen LogP contribution < -0.4 is 4.74 Å². The van der Waals surface area contributed by atoms with Crippen molar-refractivity contribution in [2.45, 2.75) is 36.8 Å². The number of aliphatic hydroxyl groups is 1. The van der Waals surface area contributed by atoms with Gasteiger partial charge in [-0.2, -0.15) is 0 Å². The average Bonchev–Trinajstić information content (AvgIpc) is 2.88. The van der Waals surface area contributed by atoms with E-state index in [0.717, 1.165) is 60.4 Å². The van der Waals surface area contributed by atoms with Gasteiger partial charge in [-0.25, -0.2) is 8.78 Å². The van der Waals surface area contributed by atoms with Gasteiger partial charge in [-0.1, -0.05) is 11.6 Å². The number of alkyl halides is 1. The Hall–Kier alpha value is -1.93. The number of pyridine rings is 1. The predicted molar refractivity (Wildman–Crippen MR) is 143 cm³/mol. The van der Waals surface area contributed by atoms with Gasteiger partial charge in [0.2, 0.25) is 0 Å². The van der Waals surface area contributed by atoms with Crippen molar-refractivity contribution in [2.75, 3.05) is 39.1 Å². The number of aromatic nitrogens is 1. The van der Waals surface area contributed by atoms with E-state index in [1.165, 1.54) is 12.1 Å². The molecule has 2 heterocycles.